The third kappa shape index (κ3) is 2.84. The van der Waals surface area contributed by atoms with Gasteiger partial charge in [0.05, 0.1) is 13.0 Å². The van der Waals surface area contributed by atoms with E-state index in [1.807, 2.05) is 0 Å². The Balaban J connectivity index is 1.78. The molecule has 1 aromatic heterocycles. The lowest BCUT2D eigenvalue weighted by molar-refractivity contribution is -0.122. The molecule has 5 nitrogen and oxygen atoms in total. The van der Waals surface area contributed by atoms with Crippen LogP contribution in [-0.2, 0) is 21.5 Å². The predicted octanol–water partition coefficient (Wildman–Crippen LogP) is 2.18. The Kier molecular flexibility index (Phi) is 4.13. The van der Waals surface area contributed by atoms with E-state index in [0.717, 1.165) is 0 Å². The maximum atomic E-state index is 13.8. The molecule has 1 aromatic carbocycles. The Morgan fingerprint density at radius 3 is 3.05 bits per heavy atom. The van der Waals surface area contributed by atoms with Crippen LogP contribution in [0.5, 0.6) is 0 Å². The molecular weight excluding hydrogens is 309 g/mol. The highest BCUT2D eigenvalue weighted by atomic mass is 35.5. The lowest BCUT2D eigenvalue weighted by Crippen LogP contribution is -2.48. The molecule has 3 rings (SSSR count). The Morgan fingerprint density at radius 2 is 2.41 bits per heavy atom. The number of hydrogen-bond acceptors (Lipinski definition) is 3. The topological polar surface area (TPSA) is 67.0 Å². The summed E-state index contributed by atoms with van der Waals surface area (Å²) in [6.45, 7) is 0.860. The first-order valence-corrected chi connectivity index (χ1v) is 7.30. The Hall–Kier alpha value is -1.92. The number of nitrogens with one attached hydrogen (secondary N) is 2. The molecule has 1 aliphatic rings. The number of ether oxygens (including phenoxy) is 1. The van der Waals surface area contributed by atoms with Crippen LogP contribution in [0.2, 0.25) is 5.02 Å². The second kappa shape index (κ2) is 6.06. The van der Waals surface area contributed by atoms with Crippen LogP contribution in [0.15, 0.2) is 30.6 Å². The van der Waals surface area contributed by atoms with Gasteiger partial charge in [-0.05, 0) is 12.1 Å². The van der Waals surface area contributed by atoms with Crippen molar-refractivity contribution < 1.29 is 13.9 Å². The number of imidazole rings is 1. The Bertz CT molecular complexity index is 649. The van der Waals surface area contributed by atoms with E-state index in [2.05, 4.69) is 15.3 Å². The van der Waals surface area contributed by atoms with E-state index in [1.165, 1.54) is 12.1 Å². The zero-order chi connectivity index (χ0) is 15.6. The Labute approximate surface area is 131 Å². The molecule has 1 amide bonds. The normalized spacial score (nSPS) is 21.0. The van der Waals surface area contributed by atoms with Crippen molar-refractivity contribution in [2.75, 3.05) is 13.2 Å². The average molecular weight is 324 g/mol. The first kappa shape index (κ1) is 15.0. The highest BCUT2D eigenvalue weighted by Crippen LogP contribution is 2.28. The van der Waals surface area contributed by atoms with E-state index in [9.17, 15) is 9.18 Å². The highest BCUT2D eigenvalue weighted by Gasteiger charge is 2.40. The highest BCUT2D eigenvalue weighted by molar-refractivity contribution is 6.31. The molecule has 0 radical (unpaired) electrons. The molecule has 2 heterocycles. The third-order valence-electron chi connectivity index (χ3n) is 3.75. The molecule has 1 aliphatic heterocycles. The number of hydrogen-bond donors (Lipinski definition) is 2. The van der Waals surface area contributed by atoms with Crippen LogP contribution in [0.1, 0.15) is 17.8 Å². The van der Waals surface area contributed by atoms with Crippen molar-refractivity contribution in [3.63, 3.8) is 0 Å². The van der Waals surface area contributed by atoms with Crippen molar-refractivity contribution in [1.82, 2.24) is 15.3 Å². The maximum Gasteiger partial charge on any atom is 0.225 e. The number of benzene rings is 1. The molecule has 7 heteroatoms. The number of halogens is 2. The van der Waals surface area contributed by atoms with Gasteiger partial charge in [0.25, 0.3) is 0 Å². The van der Waals surface area contributed by atoms with Crippen molar-refractivity contribution in [2.24, 2.45) is 0 Å². The molecule has 2 N–H and O–H groups in total. The van der Waals surface area contributed by atoms with Crippen LogP contribution in [0.4, 0.5) is 4.39 Å². The second-order valence-corrected chi connectivity index (χ2v) is 5.65. The van der Waals surface area contributed by atoms with Gasteiger partial charge in [-0.1, -0.05) is 17.7 Å². The summed E-state index contributed by atoms with van der Waals surface area (Å²) in [7, 11) is 0. The van der Waals surface area contributed by atoms with Gasteiger partial charge < -0.3 is 15.0 Å². The van der Waals surface area contributed by atoms with E-state index < -0.39 is 11.4 Å². The average Bonchev–Trinajstić information content (AvgIpc) is 3.14. The third-order valence-corrected chi connectivity index (χ3v) is 4.10. The van der Waals surface area contributed by atoms with Gasteiger partial charge in [0, 0.05) is 36.0 Å². The van der Waals surface area contributed by atoms with Crippen molar-refractivity contribution in [3.8, 4) is 0 Å². The summed E-state index contributed by atoms with van der Waals surface area (Å²) in [5, 5.41) is 3.16. The van der Waals surface area contributed by atoms with Gasteiger partial charge in [0.15, 0.2) is 0 Å². The fourth-order valence-corrected chi connectivity index (χ4v) is 2.84. The number of H-pyrrole nitrogens is 1. The Morgan fingerprint density at radius 1 is 1.55 bits per heavy atom. The summed E-state index contributed by atoms with van der Waals surface area (Å²) in [6, 6.07) is 4.36. The zero-order valence-electron chi connectivity index (χ0n) is 11.7. The molecule has 1 atom stereocenters. The minimum atomic E-state index is -0.696. The van der Waals surface area contributed by atoms with Crippen LogP contribution >= 0.6 is 11.6 Å². The van der Waals surface area contributed by atoms with Crippen molar-refractivity contribution in [2.45, 2.75) is 18.4 Å². The van der Waals surface area contributed by atoms with Gasteiger partial charge in [0.2, 0.25) is 5.91 Å². The van der Waals surface area contributed by atoms with Crippen LogP contribution in [-0.4, -0.2) is 29.1 Å². The minimum Gasteiger partial charge on any atom is -0.378 e. The fourth-order valence-electron chi connectivity index (χ4n) is 2.61. The largest absolute Gasteiger partial charge is 0.378 e. The SMILES string of the molecule is O=C(Cc1c(F)cccc1Cl)NC1(c2ncc[nH]2)CCOC1. The first-order valence-electron chi connectivity index (χ1n) is 6.92. The number of nitrogens with zero attached hydrogens (tertiary/aromatic N) is 1. The molecule has 0 spiro atoms. The second-order valence-electron chi connectivity index (χ2n) is 5.25. The van der Waals surface area contributed by atoms with Crippen molar-refractivity contribution in [1.29, 1.82) is 0 Å². The van der Waals surface area contributed by atoms with Gasteiger partial charge in [-0.25, -0.2) is 9.37 Å². The van der Waals surface area contributed by atoms with Gasteiger partial charge >= 0.3 is 0 Å². The molecule has 1 saturated heterocycles. The summed E-state index contributed by atoms with van der Waals surface area (Å²) in [5.41, 5.74) is -0.506. The molecule has 1 unspecified atom stereocenters. The summed E-state index contributed by atoms with van der Waals surface area (Å²) >= 11 is 5.96. The monoisotopic (exact) mass is 323 g/mol. The zero-order valence-corrected chi connectivity index (χ0v) is 12.5. The lowest BCUT2D eigenvalue weighted by atomic mass is 9.97. The summed E-state index contributed by atoms with van der Waals surface area (Å²) in [6.07, 6.45) is 3.79. The molecule has 0 aliphatic carbocycles. The van der Waals surface area contributed by atoms with Crippen LogP contribution < -0.4 is 5.32 Å². The predicted molar refractivity (Wildman–Crippen MR) is 79.0 cm³/mol. The number of aromatic nitrogens is 2. The number of amides is 1. The van der Waals surface area contributed by atoms with Crippen LogP contribution in [0, 0.1) is 5.82 Å². The molecular formula is C15H15ClFN3O2. The number of carbonyl (C=O) groups is 1. The lowest BCUT2D eigenvalue weighted by Gasteiger charge is -2.26. The van der Waals surface area contributed by atoms with Crippen molar-refractivity contribution >= 4 is 17.5 Å². The smallest absolute Gasteiger partial charge is 0.225 e. The molecule has 1 fully saturated rings. The number of carbonyl (C=O) groups excluding carboxylic acids is 1. The van der Waals surface area contributed by atoms with Crippen LogP contribution in [0.3, 0.4) is 0 Å². The fraction of sp³-hybridized carbons (Fsp3) is 0.333. The summed E-state index contributed by atoms with van der Waals surface area (Å²) in [5.74, 6) is -0.177. The van der Waals surface area contributed by atoms with Gasteiger partial charge in [-0.2, -0.15) is 0 Å². The maximum absolute atomic E-state index is 13.8. The van der Waals surface area contributed by atoms with Crippen molar-refractivity contribution in [3.05, 3.63) is 52.8 Å². The van der Waals surface area contributed by atoms with Gasteiger partial charge in [0.1, 0.15) is 17.2 Å². The molecule has 116 valence electrons. The van der Waals surface area contributed by atoms with E-state index in [4.69, 9.17) is 16.3 Å². The van der Waals surface area contributed by atoms with Gasteiger partial charge in [-0.3, -0.25) is 4.79 Å². The summed E-state index contributed by atoms with van der Waals surface area (Å²) < 4.78 is 19.2. The number of aromatic amines is 1. The van der Waals surface area contributed by atoms with E-state index in [-0.39, 0.29) is 22.9 Å². The minimum absolute atomic E-state index is 0.131. The number of rotatable bonds is 4. The standard InChI is InChI=1S/C15H15ClFN3O2/c16-11-2-1-3-12(17)10(11)8-13(21)20-15(4-7-22-9-15)14-18-5-6-19-14/h1-3,5-6H,4,7-9H2,(H,18,19)(H,20,21). The molecule has 2 aromatic rings. The van der Waals surface area contributed by atoms with E-state index in [0.29, 0.717) is 25.5 Å². The quantitative estimate of drug-likeness (QED) is 0.906. The molecule has 0 bridgehead atoms. The summed E-state index contributed by atoms with van der Waals surface area (Å²) in [4.78, 5) is 19.6. The molecule has 22 heavy (non-hydrogen) atoms. The van der Waals surface area contributed by atoms with E-state index in [1.54, 1.807) is 18.5 Å². The van der Waals surface area contributed by atoms with Gasteiger partial charge in [-0.15, -0.1) is 0 Å². The molecule has 0 saturated carbocycles. The first-order chi connectivity index (χ1) is 10.6. The van der Waals surface area contributed by atoms with Crippen LogP contribution in [0.25, 0.3) is 0 Å². The van der Waals surface area contributed by atoms with E-state index >= 15 is 0 Å².